The Hall–Kier alpha value is -4.30. The average molecular weight is 592 g/mol. The van der Waals surface area contributed by atoms with Crippen LogP contribution in [0.25, 0.3) is 21.9 Å². The molecule has 6 rings (SSSR count). The van der Waals surface area contributed by atoms with E-state index < -0.39 is 5.41 Å². The monoisotopic (exact) mass is 591 g/mol. The van der Waals surface area contributed by atoms with Crippen molar-refractivity contribution in [2.45, 2.75) is 66.2 Å². The van der Waals surface area contributed by atoms with Crippen molar-refractivity contribution >= 4 is 27.9 Å². The zero-order chi connectivity index (χ0) is 31.2. The Bertz CT molecular complexity index is 1860. The third kappa shape index (κ3) is 5.32. The maximum Gasteiger partial charge on any atom is 0.312 e. The summed E-state index contributed by atoms with van der Waals surface area (Å²) in [7, 11) is 3.35. The van der Waals surface area contributed by atoms with Gasteiger partial charge in [-0.3, -0.25) is 14.7 Å². The number of methoxy groups -OCH3 is 1. The average Bonchev–Trinajstić information content (AvgIpc) is 3.30. The summed E-state index contributed by atoms with van der Waals surface area (Å²) in [4.78, 5) is 20.4. The summed E-state index contributed by atoms with van der Waals surface area (Å²) in [5.74, 6) is 0.436. The SMILES string of the molecule is CC[C@@H]1CN(Cc2cc(C(c3ccc4c(nnn4C)c3C)C(C)(C)C(=O)OC)ccc2C)Cc2cc3ncccc3cc2O1. The second-order valence-corrected chi connectivity index (χ2v) is 12.7. The van der Waals surface area contributed by atoms with Crippen LogP contribution in [0.2, 0.25) is 0 Å². The van der Waals surface area contributed by atoms with Crippen molar-refractivity contribution in [2.75, 3.05) is 13.7 Å². The van der Waals surface area contributed by atoms with Crippen LogP contribution in [-0.4, -0.2) is 50.6 Å². The smallest absolute Gasteiger partial charge is 0.312 e. The molecular formula is C36H41N5O3. The van der Waals surface area contributed by atoms with Crippen LogP contribution in [0.3, 0.4) is 0 Å². The molecule has 0 fully saturated rings. The number of esters is 1. The molecule has 1 unspecified atom stereocenters. The Labute approximate surface area is 259 Å². The number of rotatable bonds is 7. The van der Waals surface area contributed by atoms with Crippen LogP contribution in [0, 0.1) is 19.3 Å². The Morgan fingerprint density at radius 2 is 1.95 bits per heavy atom. The maximum atomic E-state index is 13.3. The van der Waals surface area contributed by atoms with Gasteiger partial charge in [-0.05, 0) is 86.2 Å². The highest BCUT2D eigenvalue weighted by atomic mass is 16.5. The van der Waals surface area contributed by atoms with E-state index in [2.05, 4.69) is 83.4 Å². The largest absolute Gasteiger partial charge is 0.489 e. The van der Waals surface area contributed by atoms with Gasteiger partial charge in [-0.2, -0.15) is 0 Å². The third-order valence-corrected chi connectivity index (χ3v) is 9.31. The lowest BCUT2D eigenvalue weighted by atomic mass is 9.69. The fourth-order valence-corrected chi connectivity index (χ4v) is 6.73. The highest BCUT2D eigenvalue weighted by molar-refractivity contribution is 5.83. The zero-order valence-electron chi connectivity index (χ0n) is 26.7. The van der Waals surface area contributed by atoms with E-state index in [1.807, 2.05) is 39.2 Å². The van der Waals surface area contributed by atoms with E-state index in [1.54, 1.807) is 4.68 Å². The van der Waals surface area contributed by atoms with Crippen LogP contribution in [0.15, 0.2) is 60.8 Å². The first kappa shape index (κ1) is 29.8. The van der Waals surface area contributed by atoms with Gasteiger partial charge in [0.2, 0.25) is 0 Å². The van der Waals surface area contributed by atoms with Crippen molar-refractivity contribution in [3.8, 4) is 5.75 Å². The van der Waals surface area contributed by atoms with Gasteiger partial charge in [0.1, 0.15) is 17.4 Å². The third-order valence-electron chi connectivity index (χ3n) is 9.31. The summed E-state index contributed by atoms with van der Waals surface area (Å²) in [6.07, 6.45) is 2.84. The molecule has 3 heterocycles. The quantitative estimate of drug-likeness (QED) is 0.196. The Balaban J connectivity index is 1.40. The Morgan fingerprint density at radius 3 is 2.73 bits per heavy atom. The molecule has 0 amide bonds. The van der Waals surface area contributed by atoms with Crippen LogP contribution >= 0.6 is 0 Å². The van der Waals surface area contributed by atoms with E-state index in [1.165, 1.54) is 18.2 Å². The zero-order valence-corrected chi connectivity index (χ0v) is 26.7. The van der Waals surface area contributed by atoms with Crippen LogP contribution in [0.5, 0.6) is 5.75 Å². The number of aromatic nitrogens is 4. The van der Waals surface area contributed by atoms with Crippen molar-refractivity contribution in [1.82, 2.24) is 24.9 Å². The van der Waals surface area contributed by atoms with Gasteiger partial charge in [0.15, 0.2) is 0 Å². The van der Waals surface area contributed by atoms with Gasteiger partial charge < -0.3 is 9.47 Å². The minimum Gasteiger partial charge on any atom is -0.489 e. The van der Waals surface area contributed by atoms with Crippen molar-refractivity contribution in [3.05, 3.63) is 94.2 Å². The molecule has 1 aliphatic heterocycles. The molecule has 8 heteroatoms. The van der Waals surface area contributed by atoms with Crippen LogP contribution in [-0.2, 0) is 29.7 Å². The Morgan fingerprint density at radius 1 is 1.14 bits per heavy atom. The maximum absolute atomic E-state index is 13.3. The summed E-state index contributed by atoms with van der Waals surface area (Å²) in [5.41, 5.74) is 8.68. The first-order valence-corrected chi connectivity index (χ1v) is 15.3. The number of carbonyl (C=O) groups excluding carboxylic acids is 1. The molecule has 0 aliphatic carbocycles. The van der Waals surface area contributed by atoms with E-state index in [9.17, 15) is 4.79 Å². The van der Waals surface area contributed by atoms with Gasteiger partial charge in [-0.1, -0.05) is 42.5 Å². The normalized spacial score (nSPS) is 16.4. The number of carbonyl (C=O) groups is 1. The molecule has 5 aromatic rings. The molecule has 228 valence electrons. The van der Waals surface area contributed by atoms with E-state index in [-0.39, 0.29) is 18.0 Å². The molecule has 0 bridgehead atoms. The molecule has 2 atom stereocenters. The van der Waals surface area contributed by atoms with Crippen LogP contribution < -0.4 is 4.74 Å². The van der Waals surface area contributed by atoms with Gasteiger partial charge in [0.05, 0.1) is 23.6 Å². The lowest BCUT2D eigenvalue weighted by molar-refractivity contribution is -0.151. The number of pyridine rings is 1. The van der Waals surface area contributed by atoms with Gasteiger partial charge in [-0.25, -0.2) is 4.68 Å². The standard InChI is InChI=1S/C36H41N5O3/c1-8-28-21-41(20-27-17-30-24(10-9-15-37-30)18-32(27)44-28)19-26-16-25(12-11-22(26)2)33(36(4,5)35(42)43-7)29-13-14-31-34(23(29)3)38-39-40(31)6/h9-18,28,33H,8,19-21H2,1-7H3/t28-,33?/m1/s1. The minimum atomic E-state index is -0.835. The molecule has 3 aromatic carbocycles. The lowest BCUT2D eigenvalue weighted by Gasteiger charge is -2.34. The van der Waals surface area contributed by atoms with Crippen molar-refractivity contribution in [3.63, 3.8) is 0 Å². The highest BCUT2D eigenvalue weighted by Crippen LogP contribution is 2.44. The van der Waals surface area contributed by atoms with Crippen molar-refractivity contribution in [2.24, 2.45) is 12.5 Å². The van der Waals surface area contributed by atoms with E-state index in [4.69, 9.17) is 9.47 Å². The summed E-state index contributed by atoms with van der Waals surface area (Å²) in [5, 5.41) is 9.78. The van der Waals surface area contributed by atoms with E-state index >= 15 is 0 Å². The fraction of sp³-hybridized carbons (Fsp3) is 0.389. The fourth-order valence-electron chi connectivity index (χ4n) is 6.73. The predicted molar refractivity (Wildman–Crippen MR) is 173 cm³/mol. The molecule has 2 aromatic heterocycles. The number of hydrogen-bond acceptors (Lipinski definition) is 7. The molecular weight excluding hydrogens is 550 g/mol. The minimum absolute atomic E-state index is 0.0845. The molecule has 0 N–H and O–H groups in total. The predicted octanol–water partition coefficient (Wildman–Crippen LogP) is 6.64. The van der Waals surface area contributed by atoms with E-state index in [0.717, 1.165) is 76.0 Å². The number of benzene rings is 3. The van der Waals surface area contributed by atoms with Gasteiger partial charge in [0.25, 0.3) is 0 Å². The molecule has 0 spiro atoms. The summed E-state index contributed by atoms with van der Waals surface area (Å²) in [6, 6.07) is 19.1. The Kier molecular flexibility index (Phi) is 7.88. The van der Waals surface area contributed by atoms with Crippen molar-refractivity contribution in [1.29, 1.82) is 0 Å². The first-order chi connectivity index (χ1) is 21.1. The molecule has 44 heavy (non-hydrogen) atoms. The second kappa shape index (κ2) is 11.7. The number of hydrogen-bond donors (Lipinski definition) is 0. The molecule has 0 radical (unpaired) electrons. The molecule has 1 aliphatic rings. The van der Waals surface area contributed by atoms with Crippen molar-refractivity contribution < 1.29 is 14.3 Å². The number of aryl methyl sites for hydroxylation is 3. The number of ether oxygens (including phenoxy) is 2. The summed E-state index contributed by atoms with van der Waals surface area (Å²) < 4.78 is 13.7. The highest BCUT2D eigenvalue weighted by Gasteiger charge is 2.41. The molecule has 0 saturated carbocycles. The summed E-state index contributed by atoms with van der Waals surface area (Å²) >= 11 is 0. The van der Waals surface area contributed by atoms with Gasteiger partial charge in [-0.15, -0.1) is 5.10 Å². The summed E-state index contributed by atoms with van der Waals surface area (Å²) in [6.45, 7) is 12.7. The van der Waals surface area contributed by atoms with Gasteiger partial charge >= 0.3 is 5.97 Å². The lowest BCUT2D eigenvalue weighted by Crippen LogP contribution is -2.34. The molecule has 0 saturated heterocycles. The van der Waals surface area contributed by atoms with Gasteiger partial charge in [0, 0.05) is 49.7 Å². The van der Waals surface area contributed by atoms with Crippen LogP contribution in [0.1, 0.15) is 66.5 Å². The van der Waals surface area contributed by atoms with Crippen LogP contribution in [0.4, 0.5) is 0 Å². The molecule has 8 nitrogen and oxygen atoms in total. The number of nitrogens with zero attached hydrogens (tertiary/aromatic N) is 5. The van der Waals surface area contributed by atoms with E-state index in [0.29, 0.717) is 0 Å². The number of fused-ring (bicyclic) bond motifs is 3. The first-order valence-electron chi connectivity index (χ1n) is 15.3. The topological polar surface area (TPSA) is 82.4 Å². The second-order valence-electron chi connectivity index (χ2n) is 12.7.